The van der Waals surface area contributed by atoms with E-state index in [2.05, 4.69) is 6.92 Å². The zero-order valence-electron chi connectivity index (χ0n) is 29.2. The van der Waals surface area contributed by atoms with Gasteiger partial charge in [0.15, 0.2) is 6.10 Å². The third kappa shape index (κ3) is 22.2. The van der Waals surface area contributed by atoms with Crippen LogP contribution in [0, 0.1) is 0 Å². The Morgan fingerprint density at radius 2 is 1.07 bits per heavy atom. The number of unbranched alkanes of at least 4 members (excludes halogenated alkanes) is 12. The van der Waals surface area contributed by atoms with Crippen molar-refractivity contribution in [3.05, 3.63) is 71.8 Å². The first-order chi connectivity index (χ1) is 21.7. The monoisotopic (exact) mass is 659 g/mol. The quantitative estimate of drug-likeness (QED) is 0.0684. The Bertz CT molecular complexity index is 1030. The van der Waals surface area contributed by atoms with Crippen LogP contribution < -0.4 is 12.4 Å². The van der Waals surface area contributed by atoms with Crippen molar-refractivity contribution < 1.29 is 40.7 Å². The molecule has 7 heteroatoms. The summed E-state index contributed by atoms with van der Waals surface area (Å²) in [4.78, 5) is 25.9. The normalized spacial score (nSPS) is 12.6. The van der Waals surface area contributed by atoms with Crippen molar-refractivity contribution in [3.8, 4) is 0 Å². The number of nitrogens with zero attached hydrogens (tertiary/aromatic N) is 1. The minimum Gasteiger partial charge on any atom is -1.00 e. The van der Waals surface area contributed by atoms with E-state index in [1.165, 1.54) is 70.6 Å². The Hall–Kier alpha value is -2.41. The van der Waals surface area contributed by atoms with Crippen LogP contribution in [0.2, 0.25) is 0 Å². The third-order valence-electron chi connectivity index (χ3n) is 8.04. The molecule has 260 valence electrons. The number of esters is 2. The maximum absolute atomic E-state index is 13.2. The highest BCUT2D eigenvalue weighted by Crippen LogP contribution is 2.18. The molecule has 46 heavy (non-hydrogen) atoms. The van der Waals surface area contributed by atoms with Gasteiger partial charge in [0.1, 0.15) is 13.2 Å². The van der Waals surface area contributed by atoms with Gasteiger partial charge >= 0.3 is 11.9 Å². The molecule has 0 fully saturated rings. The van der Waals surface area contributed by atoms with E-state index in [0.29, 0.717) is 17.6 Å². The lowest BCUT2D eigenvalue weighted by molar-refractivity contribution is -0.873. The largest absolute Gasteiger partial charge is 1.00 e. The molecule has 6 nitrogen and oxygen atoms in total. The summed E-state index contributed by atoms with van der Waals surface area (Å²) in [6, 6.07) is 19.7. The number of hydrogen-bond donors (Lipinski definition) is 0. The molecule has 0 bridgehead atoms. The first-order valence-corrected chi connectivity index (χ1v) is 17.6. The van der Waals surface area contributed by atoms with Crippen LogP contribution in [0.25, 0.3) is 0 Å². The molecule has 2 atom stereocenters. The van der Waals surface area contributed by atoms with Gasteiger partial charge in [-0.2, -0.15) is 0 Å². The Morgan fingerprint density at radius 1 is 0.609 bits per heavy atom. The Balaban J connectivity index is 0.0000106. The molecule has 0 amide bonds. The maximum atomic E-state index is 13.2. The molecule has 0 saturated carbocycles. The molecule has 0 heterocycles. The summed E-state index contributed by atoms with van der Waals surface area (Å²) in [5.41, 5.74) is 2.02. The van der Waals surface area contributed by atoms with Crippen LogP contribution in [0.1, 0.15) is 121 Å². The van der Waals surface area contributed by atoms with Gasteiger partial charge in [0.05, 0.1) is 46.7 Å². The zero-order valence-corrected chi connectivity index (χ0v) is 30.0. The lowest BCUT2D eigenvalue weighted by atomic mass is 10.0. The lowest BCUT2D eigenvalue weighted by Gasteiger charge is -2.29. The number of quaternary nitrogens is 1. The van der Waals surface area contributed by atoms with Gasteiger partial charge < -0.3 is 31.1 Å². The number of carbonyl (C=O) groups excluding carboxylic acids is 2. The highest BCUT2D eigenvalue weighted by atomic mass is 35.5. The average Bonchev–Trinajstić information content (AvgIpc) is 3.01. The highest BCUT2D eigenvalue weighted by Gasteiger charge is 2.27. The van der Waals surface area contributed by atoms with Crippen LogP contribution in [-0.4, -0.2) is 56.3 Å². The molecule has 0 N–H and O–H groups in total. The molecule has 0 aliphatic carbocycles. The van der Waals surface area contributed by atoms with Crippen LogP contribution >= 0.6 is 0 Å². The number of hydrogen-bond acceptors (Lipinski definition) is 5. The van der Waals surface area contributed by atoms with E-state index >= 15 is 0 Å². The summed E-state index contributed by atoms with van der Waals surface area (Å²) in [5.74, 6) is -0.689. The number of carbonyl (C=O) groups is 2. The van der Waals surface area contributed by atoms with E-state index in [1.807, 2.05) is 81.8 Å². The Kier molecular flexibility index (Phi) is 23.2. The van der Waals surface area contributed by atoms with Crippen molar-refractivity contribution in [1.29, 1.82) is 0 Å². The molecular weight excluding hydrogens is 598 g/mol. The standard InChI is InChI=1S/C39H62NO5.ClH/c1-5-6-7-8-9-10-11-12-13-14-15-16-23-28-36(43-32-34-24-19-17-20-25-34)29-39(42)45-37(31-40(2,3)4)30-38(41)44-33-35-26-21-18-22-27-35;/h17-22,24-27,36-37H,5-16,23,28-33H2,1-4H3;1H/q+1;/p-1/t36?,37-;/m1./s1. The third-order valence-corrected chi connectivity index (χ3v) is 8.04. The molecule has 0 aliphatic rings. The summed E-state index contributed by atoms with van der Waals surface area (Å²) >= 11 is 0. The summed E-state index contributed by atoms with van der Waals surface area (Å²) in [5, 5.41) is 0. The fraction of sp³-hybridized carbons (Fsp3) is 0.641. The first kappa shape index (κ1) is 41.6. The fourth-order valence-electron chi connectivity index (χ4n) is 5.58. The van der Waals surface area contributed by atoms with E-state index in [1.54, 1.807) is 0 Å². The maximum Gasteiger partial charge on any atom is 0.310 e. The van der Waals surface area contributed by atoms with Crippen molar-refractivity contribution in [3.63, 3.8) is 0 Å². The zero-order chi connectivity index (χ0) is 32.6. The van der Waals surface area contributed by atoms with Crippen molar-refractivity contribution in [2.75, 3.05) is 27.7 Å². The molecule has 2 aromatic carbocycles. The second kappa shape index (κ2) is 25.7. The smallest absolute Gasteiger partial charge is 0.310 e. The first-order valence-electron chi connectivity index (χ1n) is 17.6. The van der Waals surface area contributed by atoms with Gasteiger partial charge in [0.25, 0.3) is 0 Å². The second-order valence-corrected chi connectivity index (χ2v) is 13.6. The Labute approximate surface area is 286 Å². The average molecular weight is 660 g/mol. The number of benzene rings is 2. The molecular formula is C39H62ClNO5. The number of halogens is 1. The van der Waals surface area contributed by atoms with Crippen LogP contribution in [0.15, 0.2) is 60.7 Å². The number of ether oxygens (including phenoxy) is 3. The van der Waals surface area contributed by atoms with Crippen molar-refractivity contribution in [1.82, 2.24) is 0 Å². The topological polar surface area (TPSA) is 61.8 Å². The lowest BCUT2D eigenvalue weighted by Crippen LogP contribution is -3.00. The molecule has 0 saturated heterocycles. The van der Waals surface area contributed by atoms with E-state index < -0.39 is 6.10 Å². The van der Waals surface area contributed by atoms with E-state index in [4.69, 9.17) is 14.2 Å². The number of likely N-dealkylation sites (N-methyl/N-ethyl adjacent to an activating group) is 1. The Morgan fingerprint density at radius 3 is 1.57 bits per heavy atom. The van der Waals surface area contributed by atoms with Gasteiger partial charge in [-0.15, -0.1) is 0 Å². The van der Waals surface area contributed by atoms with Gasteiger partial charge in [0, 0.05) is 0 Å². The summed E-state index contributed by atoms with van der Waals surface area (Å²) in [7, 11) is 6.07. The minimum absolute atomic E-state index is 0. The van der Waals surface area contributed by atoms with E-state index in [9.17, 15) is 9.59 Å². The predicted molar refractivity (Wildman–Crippen MR) is 184 cm³/mol. The SMILES string of the molecule is CCCCCCCCCCCCCCCC(CC(=O)O[C@H](CC(=O)OCc1ccccc1)C[N+](C)(C)C)OCc1ccccc1.[Cl-]. The highest BCUT2D eigenvalue weighted by molar-refractivity contribution is 5.73. The molecule has 1 unspecified atom stereocenters. The summed E-state index contributed by atoms with van der Waals surface area (Å²) < 4.78 is 18.2. The summed E-state index contributed by atoms with van der Waals surface area (Å²) in [6.45, 7) is 3.46. The van der Waals surface area contributed by atoms with Gasteiger partial charge in [-0.3, -0.25) is 9.59 Å². The molecule has 2 rings (SSSR count). The fourth-order valence-corrected chi connectivity index (χ4v) is 5.58. The molecule has 0 aromatic heterocycles. The van der Waals surface area contributed by atoms with Gasteiger partial charge in [-0.1, -0.05) is 151 Å². The molecule has 0 spiro atoms. The van der Waals surface area contributed by atoms with Crippen molar-refractivity contribution >= 4 is 11.9 Å². The molecule has 2 aromatic rings. The summed E-state index contributed by atoms with van der Waals surface area (Å²) in [6.07, 6.45) is 17.2. The van der Waals surface area contributed by atoms with Crippen molar-refractivity contribution in [2.24, 2.45) is 0 Å². The number of rotatable bonds is 26. The second-order valence-electron chi connectivity index (χ2n) is 13.6. The minimum atomic E-state index is -0.563. The molecule has 0 radical (unpaired) electrons. The van der Waals surface area contributed by atoms with Crippen LogP contribution in [0.3, 0.4) is 0 Å². The van der Waals surface area contributed by atoms with Crippen LogP contribution in [0.4, 0.5) is 0 Å². The van der Waals surface area contributed by atoms with Gasteiger partial charge in [-0.05, 0) is 17.5 Å². The van der Waals surface area contributed by atoms with Gasteiger partial charge in [-0.25, -0.2) is 0 Å². The van der Waals surface area contributed by atoms with Crippen LogP contribution in [0.5, 0.6) is 0 Å². The van der Waals surface area contributed by atoms with Crippen LogP contribution in [-0.2, 0) is 37.0 Å². The molecule has 0 aliphatic heterocycles. The van der Waals surface area contributed by atoms with E-state index in [-0.39, 0.29) is 49.9 Å². The van der Waals surface area contributed by atoms with Crippen molar-refractivity contribution in [2.45, 2.75) is 135 Å². The predicted octanol–water partition coefficient (Wildman–Crippen LogP) is 6.20. The van der Waals surface area contributed by atoms with Gasteiger partial charge in [0.2, 0.25) is 0 Å². The van der Waals surface area contributed by atoms with E-state index in [0.717, 1.165) is 30.4 Å².